The molecule has 1 aromatic carbocycles. The minimum absolute atomic E-state index is 0.0164. The molecule has 1 saturated heterocycles. The molecule has 1 fully saturated rings. The van der Waals surface area contributed by atoms with Crippen molar-refractivity contribution in [2.75, 3.05) is 40.0 Å². The number of methoxy groups -OCH3 is 1. The molecule has 9 heteroatoms. The maximum atomic E-state index is 13.5. The maximum Gasteiger partial charge on any atom is 0.416 e. The number of benzene rings is 1. The van der Waals surface area contributed by atoms with Crippen molar-refractivity contribution in [3.8, 4) is 0 Å². The Bertz CT molecular complexity index is 692. The molecule has 0 saturated carbocycles. The number of alkyl halides is 3. The molecule has 0 radical (unpaired) electrons. The molecule has 176 valence electrons. The second-order valence-electron chi connectivity index (χ2n) is 7.80. The van der Waals surface area contributed by atoms with E-state index < -0.39 is 17.6 Å². The van der Waals surface area contributed by atoms with Crippen molar-refractivity contribution in [2.45, 2.75) is 57.8 Å². The van der Waals surface area contributed by atoms with Crippen LogP contribution in [0.4, 0.5) is 22.4 Å². The van der Waals surface area contributed by atoms with Crippen LogP contribution in [0.25, 0.3) is 0 Å². The third kappa shape index (κ3) is 7.96. The highest BCUT2D eigenvalue weighted by molar-refractivity contribution is 5.67. The van der Waals surface area contributed by atoms with Crippen molar-refractivity contribution < 1.29 is 31.8 Å². The summed E-state index contributed by atoms with van der Waals surface area (Å²) in [5.74, 6) is -0.906. The summed E-state index contributed by atoms with van der Waals surface area (Å²) >= 11 is 0. The van der Waals surface area contributed by atoms with E-state index in [-0.39, 0.29) is 24.2 Å². The number of rotatable bonds is 10. The number of ether oxygens (including phenoxy) is 2. The number of carbonyl (C=O) groups excluding carboxylic acids is 1. The Morgan fingerprint density at radius 3 is 2.52 bits per heavy atom. The Balaban J connectivity index is 2.06. The van der Waals surface area contributed by atoms with Gasteiger partial charge in [0.15, 0.2) is 0 Å². The van der Waals surface area contributed by atoms with Gasteiger partial charge in [-0.3, -0.25) is 4.90 Å². The molecule has 0 aromatic heterocycles. The molecule has 31 heavy (non-hydrogen) atoms. The number of piperidine rings is 1. The highest BCUT2D eigenvalue weighted by Gasteiger charge is 2.35. The second kappa shape index (κ2) is 12.2. The lowest BCUT2D eigenvalue weighted by atomic mass is 10.0. The van der Waals surface area contributed by atoms with Crippen molar-refractivity contribution in [3.05, 3.63) is 35.1 Å². The molecule has 1 heterocycles. The SMILES string of the molecule is CCCCOC(=O)N1CCC(N(CCCOC)Cc2ccc(F)cc2C(F)(F)F)CC1. The zero-order valence-electron chi connectivity index (χ0n) is 18.2. The van der Waals surface area contributed by atoms with E-state index in [1.807, 2.05) is 11.8 Å². The van der Waals surface area contributed by atoms with E-state index in [2.05, 4.69) is 0 Å². The molecule has 2 rings (SSSR count). The van der Waals surface area contributed by atoms with E-state index in [0.29, 0.717) is 58.2 Å². The van der Waals surface area contributed by atoms with Gasteiger partial charge in [-0.2, -0.15) is 13.2 Å². The third-order valence-corrected chi connectivity index (χ3v) is 5.51. The Labute approximate surface area is 181 Å². The van der Waals surface area contributed by atoms with Crippen molar-refractivity contribution in [3.63, 3.8) is 0 Å². The number of unbranched alkanes of at least 4 members (excludes halogenated alkanes) is 1. The first-order valence-electron chi connectivity index (χ1n) is 10.8. The highest BCUT2D eigenvalue weighted by atomic mass is 19.4. The zero-order chi connectivity index (χ0) is 22.9. The Kier molecular flexibility index (Phi) is 10.0. The van der Waals surface area contributed by atoms with Crippen LogP contribution in [-0.4, -0.2) is 61.9 Å². The fourth-order valence-electron chi connectivity index (χ4n) is 3.78. The molecule has 0 aliphatic carbocycles. The van der Waals surface area contributed by atoms with Gasteiger partial charge in [0.05, 0.1) is 12.2 Å². The van der Waals surface area contributed by atoms with Crippen molar-refractivity contribution in [2.24, 2.45) is 0 Å². The van der Waals surface area contributed by atoms with Crippen LogP contribution in [0.5, 0.6) is 0 Å². The van der Waals surface area contributed by atoms with Gasteiger partial charge in [-0.1, -0.05) is 19.4 Å². The summed E-state index contributed by atoms with van der Waals surface area (Å²) in [6.45, 7) is 4.50. The van der Waals surface area contributed by atoms with Crippen molar-refractivity contribution in [1.82, 2.24) is 9.80 Å². The first-order valence-corrected chi connectivity index (χ1v) is 10.8. The minimum atomic E-state index is -4.62. The van der Waals surface area contributed by atoms with Crippen LogP contribution in [0.1, 0.15) is 50.2 Å². The average molecular weight is 449 g/mol. The molecule has 0 bridgehead atoms. The van der Waals surface area contributed by atoms with Crippen molar-refractivity contribution in [1.29, 1.82) is 0 Å². The minimum Gasteiger partial charge on any atom is -0.449 e. The Hall–Kier alpha value is -1.87. The molecular weight excluding hydrogens is 416 g/mol. The number of nitrogens with zero attached hydrogens (tertiary/aromatic N) is 2. The van der Waals surface area contributed by atoms with Crippen LogP contribution >= 0.6 is 0 Å². The number of carbonyl (C=O) groups is 1. The standard InChI is InChI=1S/C22H32F4N2O3/c1-3-4-14-31-21(29)27-11-8-19(9-12-27)28(10-5-13-30-2)16-17-6-7-18(23)15-20(17)22(24,25)26/h6-7,15,19H,3-5,8-14,16H2,1-2H3. The summed E-state index contributed by atoms with van der Waals surface area (Å²) < 4.78 is 64.1. The van der Waals surface area contributed by atoms with Crippen LogP contribution in [0.2, 0.25) is 0 Å². The molecule has 1 amide bonds. The Morgan fingerprint density at radius 1 is 1.19 bits per heavy atom. The fraction of sp³-hybridized carbons (Fsp3) is 0.682. The number of likely N-dealkylation sites (tertiary alicyclic amines) is 1. The lowest BCUT2D eigenvalue weighted by molar-refractivity contribution is -0.138. The van der Waals surface area contributed by atoms with E-state index in [1.165, 1.54) is 6.07 Å². The van der Waals surface area contributed by atoms with E-state index in [0.717, 1.165) is 18.9 Å². The van der Waals surface area contributed by atoms with Gasteiger partial charge in [-0.05, 0) is 43.4 Å². The highest BCUT2D eigenvalue weighted by Crippen LogP contribution is 2.34. The molecule has 5 nitrogen and oxygen atoms in total. The normalized spacial score (nSPS) is 15.5. The molecule has 1 aliphatic heterocycles. The third-order valence-electron chi connectivity index (χ3n) is 5.51. The van der Waals surface area contributed by atoms with Crippen LogP contribution in [-0.2, 0) is 22.2 Å². The molecule has 0 unspecified atom stereocenters. The second-order valence-corrected chi connectivity index (χ2v) is 7.80. The number of hydrogen-bond acceptors (Lipinski definition) is 4. The molecule has 0 N–H and O–H groups in total. The van der Waals surface area contributed by atoms with E-state index >= 15 is 0 Å². The smallest absolute Gasteiger partial charge is 0.416 e. The molecule has 1 aromatic rings. The maximum absolute atomic E-state index is 13.5. The van der Waals surface area contributed by atoms with Crippen LogP contribution in [0.15, 0.2) is 18.2 Å². The molecule has 1 aliphatic rings. The van der Waals surface area contributed by atoms with Crippen molar-refractivity contribution >= 4 is 6.09 Å². The predicted molar refractivity (Wildman–Crippen MR) is 109 cm³/mol. The van der Waals surface area contributed by atoms with Gasteiger partial charge in [0.25, 0.3) is 0 Å². The van der Waals surface area contributed by atoms with Gasteiger partial charge in [-0.25, -0.2) is 9.18 Å². The van der Waals surface area contributed by atoms with E-state index in [4.69, 9.17) is 9.47 Å². The summed E-state index contributed by atoms with van der Waals surface area (Å²) in [5.41, 5.74) is -0.895. The fourth-order valence-corrected chi connectivity index (χ4v) is 3.78. The van der Waals surface area contributed by atoms with Gasteiger partial charge in [0.2, 0.25) is 0 Å². The largest absolute Gasteiger partial charge is 0.449 e. The quantitative estimate of drug-likeness (QED) is 0.370. The Morgan fingerprint density at radius 2 is 1.90 bits per heavy atom. The summed E-state index contributed by atoms with van der Waals surface area (Å²) in [6.07, 6.45) is -1.27. The van der Waals surface area contributed by atoms with Gasteiger partial charge < -0.3 is 14.4 Å². The lowest BCUT2D eigenvalue weighted by Crippen LogP contribution is -2.47. The first kappa shape index (κ1) is 25.4. The predicted octanol–water partition coefficient (Wildman–Crippen LogP) is 5.08. The topological polar surface area (TPSA) is 42.0 Å². The van der Waals surface area contributed by atoms with Crippen LogP contribution in [0, 0.1) is 5.82 Å². The van der Waals surface area contributed by atoms with E-state index in [9.17, 15) is 22.4 Å². The summed E-state index contributed by atoms with van der Waals surface area (Å²) in [6, 6.07) is 2.84. The summed E-state index contributed by atoms with van der Waals surface area (Å²) in [7, 11) is 1.58. The summed E-state index contributed by atoms with van der Waals surface area (Å²) in [5, 5.41) is 0. The molecule has 0 spiro atoms. The van der Waals surface area contributed by atoms with Gasteiger partial charge in [-0.15, -0.1) is 0 Å². The first-order chi connectivity index (χ1) is 14.8. The number of hydrogen-bond donors (Lipinski definition) is 0. The van der Waals surface area contributed by atoms with Crippen LogP contribution in [0.3, 0.4) is 0 Å². The van der Waals surface area contributed by atoms with Gasteiger partial charge >= 0.3 is 12.3 Å². The number of amides is 1. The zero-order valence-corrected chi connectivity index (χ0v) is 18.2. The lowest BCUT2D eigenvalue weighted by Gasteiger charge is -2.38. The van der Waals surface area contributed by atoms with Crippen LogP contribution < -0.4 is 0 Å². The molecular formula is C22H32F4N2O3. The monoisotopic (exact) mass is 448 g/mol. The van der Waals surface area contributed by atoms with Gasteiger partial charge in [0, 0.05) is 45.9 Å². The van der Waals surface area contributed by atoms with E-state index in [1.54, 1.807) is 12.0 Å². The summed E-state index contributed by atoms with van der Waals surface area (Å²) in [4.78, 5) is 15.8. The average Bonchev–Trinajstić information content (AvgIpc) is 2.73. The van der Waals surface area contributed by atoms with Gasteiger partial charge in [0.1, 0.15) is 5.82 Å². The number of halogens is 4. The molecule has 0 atom stereocenters.